The fourth-order valence-corrected chi connectivity index (χ4v) is 3.08. The zero-order valence-corrected chi connectivity index (χ0v) is 18.1. The van der Waals surface area contributed by atoms with Crippen molar-refractivity contribution in [3.05, 3.63) is 77.4 Å². The summed E-state index contributed by atoms with van der Waals surface area (Å²) < 4.78 is 0. The summed E-state index contributed by atoms with van der Waals surface area (Å²) in [7, 11) is 3.38. The van der Waals surface area contributed by atoms with Gasteiger partial charge in [-0.2, -0.15) is 0 Å². The quantitative estimate of drug-likeness (QED) is 0.402. The van der Waals surface area contributed by atoms with Gasteiger partial charge in [0.15, 0.2) is 5.69 Å². The third-order valence-corrected chi connectivity index (χ3v) is 4.49. The first-order valence-electron chi connectivity index (χ1n) is 8.96. The van der Waals surface area contributed by atoms with E-state index in [-0.39, 0.29) is 12.4 Å². The molecule has 29 heavy (non-hydrogen) atoms. The van der Waals surface area contributed by atoms with Gasteiger partial charge in [-0.15, -0.1) is 0 Å². The average Bonchev–Trinajstić information content (AvgIpc) is 2.70. The number of carbonyl (C=O) groups is 1. The molecule has 0 unspecified atom stereocenters. The average molecular weight is 428 g/mol. The molecule has 4 rings (SSSR count). The van der Waals surface area contributed by atoms with Crippen molar-refractivity contribution in [3.8, 4) is 0 Å². The van der Waals surface area contributed by atoms with Crippen LogP contribution in [0.5, 0.6) is 0 Å². The lowest BCUT2D eigenvalue weighted by molar-refractivity contribution is -0.353. The molecule has 4 aromatic rings. The minimum Gasteiger partial charge on any atom is -1.00 e. The molecule has 0 aliphatic carbocycles. The van der Waals surface area contributed by atoms with E-state index in [1.54, 1.807) is 14.1 Å². The first kappa shape index (κ1) is 22.5. The number of hydrogen-bond donors (Lipinski definition) is 1. The lowest BCUT2D eigenvalue weighted by Crippen LogP contribution is -3.00. The molecule has 0 aliphatic rings. The van der Waals surface area contributed by atoms with Crippen LogP contribution in [0.4, 0.5) is 11.4 Å². The number of fused-ring (bicyclic) bond motifs is 3. The normalized spacial score (nSPS) is 9.93. The Balaban J connectivity index is 0.000000450. The number of rotatable bonds is 3. The van der Waals surface area contributed by atoms with Gasteiger partial charge in [0, 0.05) is 37.8 Å². The highest BCUT2D eigenvalue weighted by atomic mass is 35.5. The van der Waals surface area contributed by atoms with E-state index in [1.165, 1.54) is 21.1 Å². The fraction of sp³-hybridized carbons (Fsp3) is 0.130. The van der Waals surface area contributed by atoms with Gasteiger partial charge in [-0.25, -0.2) is 4.98 Å². The van der Waals surface area contributed by atoms with E-state index >= 15 is 0 Å². The number of amides is 1. The number of aryl methyl sites for hydroxylation is 1. The van der Waals surface area contributed by atoms with Crippen LogP contribution < -0.4 is 22.7 Å². The van der Waals surface area contributed by atoms with Crippen molar-refractivity contribution in [2.75, 3.05) is 19.4 Å². The lowest BCUT2D eigenvalue weighted by Gasteiger charge is -2.09. The minimum atomic E-state index is 0. The SMILES string of the molecule is CN(C)C=O.Cc1cc(Nc2ccc(Cl)cc2)c2ccc3ccccc3c2[nH+]1.[Cl-]. The van der Waals surface area contributed by atoms with Crippen molar-refractivity contribution < 1.29 is 22.2 Å². The zero-order valence-electron chi connectivity index (χ0n) is 16.5. The van der Waals surface area contributed by atoms with E-state index in [1.807, 2.05) is 24.3 Å². The summed E-state index contributed by atoms with van der Waals surface area (Å²) in [6.45, 7) is 2.08. The van der Waals surface area contributed by atoms with E-state index in [9.17, 15) is 4.79 Å². The van der Waals surface area contributed by atoms with E-state index in [0.717, 1.165) is 34.0 Å². The van der Waals surface area contributed by atoms with Crippen molar-refractivity contribution in [2.45, 2.75) is 6.92 Å². The summed E-state index contributed by atoms with van der Waals surface area (Å²) in [4.78, 5) is 14.4. The number of nitrogens with one attached hydrogen (secondary N) is 2. The van der Waals surface area contributed by atoms with Crippen LogP contribution in [0.25, 0.3) is 21.7 Å². The molecule has 1 amide bonds. The molecule has 0 bridgehead atoms. The van der Waals surface area contributed by atoms with E-state index < -0.39 is 0 Å². The number of nitrogens with zero attached hydrogens (tertiary/aromatic N) is 1. The maximum Gasteiger partial charge on any atom is 0.221 e. The van der Waals surface area contributed by atoms with Crippen LogP contribution >= 0.6 is 11.6 Å². The molecule has 6 heteroatoms. The van der Waals surface area contributed by atoms with Gasteiger partial charge in [-0.05, 0) is 41.8 Å². The van der Waals surface area contributed by atoms with Crippen LogP contribution in [0.3, 0.4) is 0 Å². The Morgan fingerprint density at radius 1 is 0.966 bits per heavy atom. The van der Waals surface area contributed by atoms with Crippen molar-refractivity contribution in [2.24, 2.45) is 0 Å². The number of H-pyrrole nitrogens is 1. The Kier molecular flexibility index (Phi) is 7.82. The number of carbonyl (C=O) groups excluding carboxylic acids is 1. The van der Waals surface area contributed by atoms with Crippen molar-refractivity contribution in [1.29, 1.82) is 0 Å². The highest BCUT2D eigenvalue weighted by Crippen LogP contribution is 2.30. The molecule has 4 nitrogen and oxygen atoms in total. The fourth-order valence-electron chi connectivity index (χ4n) is 2.95. The third kappa shape index (κ3) is 5.59. The number of halogens is 2. The molecule has 0 radical (unpaired) electrons. The van der Waals surface area contributed by atoms with Gasteiger partial charge in [0.25, 0.3) is 0 Å². The second-order valence-corrected chi connectivity index (χ2v) is 7.21. The highest BCUT2D eigenvalue weighted by Gasteiger charge is 2.12. The Morgan fingerprint density at radius 2 is 1.62 bits per heavy atom. The molecule has 0 atom stereocenters. The molecule has 3 aromatic carbocycles. The van der Waals surface area contributed by atoms with Crippen LogP contribution in [0.2, 0.25) is 5.02 Å². The Morgan fingerprint density at radius 3 is 2.28 bits per heavy atom. The minimum absolute atomic E-state index is 0. The lowest BCUT2D eigenvalue weighted by atomic mass is 10.0. The van der Waals surface area contributed by atoms with Gasteiger partial charge >= 0.3 is 0 Å². The van der Waals surface area contributed by atoms with Crippen LogP contribution in [0, 0.1) is 6.92 Å². The predicted octanol–water partition coefficient (Wildman–Crippen LogP) is 2.22. The summed E-state index contributed by atoms with van der Waals surface area (Å²) in [5, 5.41) is 7.88. The van der Waals surface area contributed by atoms with Gasteiger partial charge in [-0.1, -0.05) is 35.9 Å². The number of aromatic amines is 1. The number of pyridine rings is 1. The summed E-state index contributed by atoms with van der Waals surface area (Å²) in [6.07, 6.45) is 0.750. The maximum atomic E-state index is 9.43. The van der Waals surface area contributed by atoms with Gasteiger partial charge < -0.3 is 22.6 Å². The maximum absolute atomic E-state index is 9.43. The van der Waals surface area contributed by atoms with Crippen LogP contribution in [-0.2, 0) is 4.79 Å². The Hall–Kier alpha value is -2.82. The molecule has 0 saturated carbocycles. The first-order valence-corrected chi connectivity index (χ1v) is 9.34. The molecule has 0 fully saturated rings. The highest BCUT2D eigenvalue weighted by molar-refractivity contribution is 6.30. The number of aromatic nitrogens is 1. The van der Waals surface area contributed by atoms with Crippen LogP contribution in [-0.4, -0.2) is 25.4 Å². The largest absolute Gasteiger partial charge is 1.00 e. The topological polar surface area (TPSA) is 46.5 Å². The molecule has 1 heterocycles. The van der Waals surface area contributed by atoms with Crippen molar-refractivity contribution in [3.63, 3.8) is 0 Å². The summed E-state index contributed by atoms with van der Waals surface area (Å²) >= 11 is 5.97. The molecular formula is C23H23Cl2N3O. The van der Waals surface area contributed by atoms with E-state index in [4.69, 9.17) is 11.6 Å². The third-order valence-electron chi connectivity index (χ3n) is 4.24. The van der Waals surface area contributed by atoms with Gasteiger partial charge in [0.2, 0.25) is 11.9 Å². The Bertz CT molecular complexity index is 1110. The second kappa shape index (κ2) is 10.1. The molecular weight excluding hydrogens is 405 g/mol. The molecule has 1 aromatic heterocycles. The molecule has 0 spiro atoms. The van der Waals surface area contributed by atoms with Gasteiger partial charge in [0.05, 0.1) is 16.5 Å². The molecule has 0 aliphatic heterocycles. The van der Waals surface area contributed by atoms with Crippen molar-refractivity contribution >= 4 is 51.1 Å². The summed E-state index contributed by atoms with van der Waals surface area (Å²) in [5.74, 6) is 0. The molecule has 150 valence electrons. The number of anilines is 2. The predicted molar refractivity (Wildman–Crippen MR) is 117 cm³/mol. The zero-order chi connectivity index (χ0) is 20.1. The monoisotopic (exact) mass is 427 g/mol. The van der Waals surface area contributed by atoms with Crippen LogP contribution in [0.15, 0.2) is 66.7 Å². The molecule has 2 N–H and O–H groups in total. The van der Waals surface area contributed by atoms with E-state index in [2.05, 4.69) is 59.7 Å². The summed E-state index contributed by atoms with van der Waals surface area (Å²) in [6, 6.07) is 22.6. The van der Waals surface area contributed by atoms with E-state index in [0.29, 0.717) is 0 Å². The molecule has 0 saturated heterocycles. The smallest absolute Gasteiger partial charge is 0.221 e. The Labute approximate surface area is 181 Å². The van der Waals surface area contributed by atoms with Crippen molar-refractivity contribution in [1.82, 2.24) is 4.90 Å². The number of benzene rings is 3. The van der Waals surface area contributed by atoms with Gasteiger partial charge in [0.1, 0.15) is 0 Å². The standard InChI is InChI=1S/C20H15ClN2.C3H7NO.ClH/c1-13-12-19(23-16-9-7-15(21)8-10-16)18-11-6-14-4-2-3-5-17(14)20(18)22-13;1-4(2)3-5;/h2-12H,1H3,(H,22,23);3H,1-2H3;1H. The van der Waals surface area contributed by atoms with Gasteiger partial charge in [-0.3, -0.25) is 4.79 Å². The summed E-state index contributed by atoms with van der Waals surface area (Å²) in [5.41, 5.74) is 4.38. The number of hydrogen-bond acceptors (Lipinski definition) is 2. The first-order chi connectivity index (χ1) is 13.5. The van der Waals surface area contributed by atoms with Crippen LogP contribution in [0.1, 0.15) is 5.69 Å². The second-order valence-electron chi connectivity index (χ2n) is 6.78.